The maximum atomic E-state index is 13.4. The van der Waals surface area contributed by atoms with E-state index < -0.39 is 0 Å². The van der Waals surface area contributed by atoms with Crippen LogP contribution in [0.4, 0.5) is 10.1 Å². The van der Waals surface area contributed by atoms with Crippen LogP contribution < -0.4 is 10.1 Å². The summed E-state index contributed by atoms with van der Waals surface area (Å²) in [7, 11) is 0. The van der Waals surface area contributed by atoms with Gasteiger partial charge in [0.05, 0.1) is 19.4 Å². The van der Waals surface area contributed by atoms with Crippen LogP contribution in [0.1, 0.15) is 38.2 Å². The van der Waals surface area contributed by atoms with Crippen LogP contribution in [0, 0.1) is 17.7 Å². The van der Waals surface area contributed by atoms with Gasteiger partial charge in [0.1, 0.15) is 17.3 Å². The lowest BCUT2D eigenvalue weighted by Crippen LogP contribution is -2.41. The molecule has 1 amide bonds. The number of nitrogens with one attached hydrogen (secondary N) is 1. The molecular weight excluding hydrogens is 491 g/mol. The van der Waals surface area contributed by atoms with Gasteiger partial charge in [0.15, 0.2) is 0 Å². The number of rotatable bonds is 14. The summed E-state index contributed by atoms with van der Waals surface area (Å²) in [6, 6.07) is 23.3. The molecule has 4 rings (SSSR count). The molecule has 3 aromatic rings. The van der Waals surface area contributed by atoms with Crippen molar-refractivity contribution < 1.29 is 18.7 Å². The van der Waals surface area contributed by atoms with Crippen molar-refractivity contribution in [2.45, 2.75) is 45.1 Å². The predicted octanol–water partition coefficient (Wildman–Crippen LogP) is 7.46. The quantitative estimate of drug-likeness (QED) is 0.220. The standard InChI is InChI=1S/C33H39FN2O3/c1-3-5-9-25(4-2)23-38-24-36-22-27(20-26-10-7-6-8-11-26)21-32(36)33(37)35-29-14-18-31(19-15-29)39-30-16-12-28(34)13-17-30/h3,6-8,10-19,25,27,32H,1,4-5,9,20-24H2,2H3,(H,35,37)/t25?,27-,32+/m1/s1. The third-order valence-electron chi connectivity index (χ3n) is 7.30. The highest BCUT2D eigenvalue weighted by Gasteiger charge is 2.37. The van der Waals surface area contributed by atoms with Crippen molar-refractivity contribution in [2.75, 3.05) is 25.2 Å². The lowest BCUT2D eigenvalue weighted by atomic mass is 9.96. The second kappa shape index (κ2) is 14.6. The number of hydrogen-bond donors (Lipinski definition) is 1. The highest BCUT2D eigenvalue weighted by Crippen LogP contribution is 2.29. The van der Waals surface area contributed by atoms with E-state index in [2.05, 4.69) is 48.0 Å². The van der Waals surface area contributed by atoms with Crippen LogP contribution >= 0.6 is 0 Å². The molecule has 6 heteroatoms. The zero-order valence-electron chi connectivity index (χ0n) is 22.7. The van der Waals surface area contributed by atoms with Gasteiger partial charge in [-0.05, 0) is 91.6 Å². The van der Waals surface area contributed by atoms with E-state index >= 15 is 0 Å². The number of anilines is 1. The number of halogens is 1. The van der Waals surface area contributed by atoms with Gasteiger partial charge in [-0.25, -0.2) is 4.39 Å². The molecule has 1 fully saturated rings. The molecule has 39 heavy (non-hydrogen) atoms. The molecule has 206 valence electrons. The molecule has 0 aromatic heterocycles. The maximum Gasteiger partial charge on any atom is 0.241 e. The van der Waals surface area contributed by atoms with Crippen LogP contribution in [0.15, 0.2) is 91.5 Å². The van der Waals surface area contributed by atoms with Crippen molar-refractivity contribution in [3.63, 3.8) is 0 Å². The van der Waals surface area contributed by atoms with Gasteiger partial charge in [0.25, 0.3) is 0 Å². The highest BCUT2D eigenvalue weighted by molar-refractivity contribution is 5.95. The van der Waals surface area contributed by atoms with Gasteiger partial charge in [-0.3, -0.25) is 9.69 Å². The largest absolute Gasteiger partial charge is 0.457 e. The Morgan fingerprint density at radius 1 is 1.08 bits per heavy atom. The van der Waals surface area contributed by atoms with Crippen LogP contribution in [0.3, 0.4) is 0 Å². The van der Waals surface area contributed by atoms with E-state index in [1.807, 2.05) is 24.3 Å². The number of nitrogens with zero attached hydrogens (tertiary/aromatic N) is 1. The van der Waals surface area contributed by atoms with Crippen molar-refractivity contribution in [1.82, 2.24) is 4.90 Å². The summed E-state index contributed by atoms with van der Waals surface area (Å²) in [6.45, 7) is 7.97. The zero-order valence-corrected chi connectivity index (χ0v) is 22.7. The number of likely N-dealkylation sites (tertiary alicyclic amines) is 1. The lowest BCUT2D eigenvalue weighted by Gasteiger charge is -2.24. The first kappa shape index (κ1) is 28.5. The van der Waals surface area contributed by atoms with Crippen molar-refractivity contribution in [2.24, 2.45) is 11.8 Å². The monoisotopic (exact) mass is 530 g/mol. The fraction of sp³-hybridized carbons (Fsp3) is 0.364. The molecule has 1 saturated heterocycles. The molecule has 5 nitrogen and oxygen atoms in total. The number of carbonyl (C=O) groups excluding carboxylic acids is 1. The summed E-state index contributed by atoms with van der Waals surface area (Å²) in [4.78, 5) is 15.6. The van der Waals surface area contributed by atoms with Crippen LogP contribution in [0.25, 0.3) is 0 Å². The van der Waals surface area contributed by atoms with Gasteiger partial charge >= 0.3 is 0 Å². The van der Waals surface area contributed by atoms with Crippen molar-refractivity contribution in [1.29, 1.82) is 0 Å². The Labute approximate surface area is 231 Å². The molecule has 0 saturated carbocycles. The number of amides is 1. The minimum atomic E-state index is -0.310. The topological polar surface area (TPSA) is 50.8 Å². The summed E-state index contributed by atoms with van der Waals surface area (Å²) in [6.07, 6.45) is 6.80. The fourth-order valence-electron chi connectivity index (χ4n) is 5.08. The average Bonchev–Trinajstić information content (AvgIpc) is 3.36. The van der Waals surface area contributed by atoms with Crippen molar-refractivity contribution in [3.05, 3.63) is 103 Å². The van der Waals surface area contributed by atoms with Crippen LogP contribution in [-0.2, 0) is 16.0 Å². The van der Waals surface area contributed by atoms with Crippen LogP contribution in [0.2, 0.25) is 0 Å². The number of allylic oxidation sites excluding steroid dienone is 1. The molecule has 0 spiro atoms. The van der Waals surface area contributed by atoms with E-state index in [0.29, 0.717) is 42.4 Å². The highest BCUT2D eigenvalue weighted by atomic mass is 19.1. The van der Waals surface area contributed by atoms with Gasteiger partial charge in [-0.15, -0.1) is 6.58 Å². The first-order valence-electron chi connectivity index (χ1n) is 13.8. The number of carbonyl (C=O) groups is 1. The second-order valence-corrected chi connectivity index (χ2v) is 10.3. The lowest BCUT2D eigenvalue weighted by molar-refractivity contribution is -0.122. The summed E-state index contributed by atoms with van der Waals surface area (Å²) < 4.78 is 25.1. The third-order valence-corrected chi connectivity index (χ3v) is 7.30. The summed E-state index contributed by atoms with van der Waals surface area (Å²) in [5, 5.41) is 3.08. The summed E-state index contributed by atoms with van der Waals surface area (Å²) in [5.41, 5.74) is 1.99. The molecule has 1 N–H and O–H groups in total. The Bertz CT molecular complexity index is 1170. The third kappa shape index (κ3) is 8.77. The first-order valence-corrected chi connectivity index (χ1v) is 13.8. The van der Waals surface area contributed by atoms with Gasteiger partial charge in [0.2, 0.25) is 5.91 Å². The van der Waals surface area contributed by atoms with Crippen molar-refractivity contribution >= 4 is 11.6 Å². The minimum Gasteiger partial charge on any atom is -0.457 e. The number of benzene rings is 3. The van der Waals surface area contributed by atoms with Gasteiger partial charge in [-0.2, -0.15) is 0 Å². The molecule has 0 radical (unpaired) electrons. The fourth-order valence-corrected chi connectivity index (χ4v) is 5.08. The molecular formula is C33H39FN2O3. The van der Waals surface area contributed by atoms with Crippen LogP contribution in [-0.4, -0.2) is 36.7 Å². The molecule has 0 bridgehead atoms. The van der Waals surface area contributed by atoms with Gasteiger partial charge < -0.3 is 14.8 Å². The first-order chi connectivity index (χ1) is 19.0. The summed E-state index contributed by atoms with van der Waals surface area (Å²) >= 11 is 0. The van der Waals surface area contributed by atoms with Gasteiger partial charge in [-0.1, -0.05) is 49.8 Å². The Hall–Kier alpha value is -3.48. The SMILES string of the molecule is C=CCCC(CC)COCN1C[C@H](Cc2ccccc2)C[C@H]1C(=O)Nc1ccc(Oc2ccc(F)cc2)cc1. The molecule has 1 unspecified atom stereocenters. The predicted molar refractivity (Wildman–Crippen MR) is 154 cm³/mol. The second-order valence-electron chi connectivity index (χ2n) is 10.3. The van der Waals surface area contributed by atoms with Crippen LogP contribution in [0.5, 0.6) is 11.5 Å². The van der Waals surface area contributed by atoms with E-state index in [1.165, 1.54) is 17.7 Å². The van der Waals surface area contributed by atoms with E-state index in [4.69, 9.17) is 9.47 Å². The smallest absolute Gasteiger partial charge is 0.241 e. The molecule has 1 aliphatic heterocycles. The zero-order chi connectivity index (χ0) is 27.5. The van der Waals surface area contributed by atoms with E-state index in [-0.39, 0.29) is 17.8 Å². The average molecular weight is 531 g/mol. The summed E-state index contributed by atoms with van der Waals surface area (Å²) in [5.74, 6) is 1.69. The Morgan fingerprint density at radius 2 is 1.77 bits per heavy atom. The normalized spacial score (nSPS) is 18.0. The number of hydrogen-bond acceptors (Lipinski definition) is 4. The van der Waals surface area contributed by atoms with Gasteiger partial charge in [0, 0.05) is 12.2 Å². The molecule has 1 heterocycles. The molecule has 3 atom stereocenters. The Kier molecular flexibility index (Phi) is 10.7. The minimum absolute atomic E-state index is 0.0277. The van der Waals surface area contributed by atoms with E-state index in [9.17, 15) is 9.18 Å². The Balaban J connectivity index is 1.36. The maximum absolute atomic E-state index is 13.4. The molecule has 1 aliphatic rings. The molecule has 3 aromatic carbocycles. The number of ether oxygens (including phenoxy) is 2. The Morgan fingerprint density at radius 3 is 2.44 bits per heavy atom. The molecule has 0 aliphatic carbocycles. The van der Waals surface area contributed by atoms with Crippen molar-refractivity contribution in [3.8, 4) is 11.5 Å². The van der Waals surface area contributed by atoms with E-state index in [1.54, 1.807) is 24.3 Å². The van der Waals surface area contributed by atoms with E-state index in [0.717, 1.165) is 38.6 Å².